The van der Waals surface area contributed by atoms with Gasteiger partial charge in [0.2, 0.25) is 5.91 Å². The first kappa shape index (κ1) is 15.8. The Bertz CT molecular complexity index is 482. The van der Waals surface area contributed by atoms with Crippen LogP contribution >= 0.6 is 0 Å². The Morgan fingerprint density at radius 2 is 2.14 bits per heavy atom. The number of anilines is 2. The van der Waals surface area contributed by atoms with E-state index in [0.717, 1.165) is 32.4 Å². The first-order chi connectivity index (χ1) is 10.1. The fourth-order valence-electron chi connectivity index (χ4n) is 2.67. The van der Waals surface area contributed by atoms with E-state index < -0.39 is 0 Å². The monoisotopic (exact) mass is 293 g/mol. The zero-order chi connectivity index (χ0) is 15.2. The highest BCUT2D eigenvalue weighted by Crippen LogP contribution is 2.26. The number of rotatable bonds is 6. The van der Waals surface area contributed by atoms with Crippen molar-refractivity contribution in [3.05, 3.63) is 24.0 Å². The fourth-order valence-corrected chi connectivity index (χ4v) is 2.67. The lowest BCUT2D eigenvalue weighted by Gasteiger charge is -2.19. The van der Waals surface area contributed by atoms with Crippen LogP contribution in [0.15, 0.2) is 18.2 Å². The molecule has 1 heterocycles. The molecule has 0 aromatic heterocycles. The summed E-state index contributed by atoms with van der Waals surface area (Å²) in [6, 6.07) is 4.91. The number of nitrogens with two attached hydrogens (primary N) is 1. The molecule has 0 radical (unpaired) electrons. The number of halogens is 1. The molecule has 1 amide bonds. The summed E-state index contributed by atoms with van der Waals surface area (Å²) in [7, 11) is 0. The van der Waals surface area contributed by atoms with Crippen LogP contribution < -0.4 is 16.0 Å². The summed E-state index contributed by atoms with van der Waals surface area (Å²) in [6.45, 7) is 4.30. The van der Waals surface area contributed by atoms with Gasteiger partial charge in [0.05, 0.1) is 5.69 Å². The highest BCUT2D eigenvalue weighted by atomic mass is 19.1. The van der Waals surface area contributed by atoms with E-state index in [2.05, 4.69) is 5.32 Å². The minimum atomic E-state index is -0.277. The summed E-state index contributed by atoms with van der Waals surface area (Å²) in [5.41, 5.74) is 6.72. The average molecular weight is 293 g/mol. The molecule has 0 spiro atoms. The maximum atomic E-state index is 14.1. The highest BCUT2D eigenvalue weighted by Gasteiger charge is 2.17. The van der Waals surface area contributed by atoms with Gasteiger partial charge >= 0.3 is 0 Å². The number of benzene rings is 1. The van der Waals surface area contributed by atoms with E-state index in [1.54, 1.807) is 12.1 Å². The third-order valence-corrected chi connectivity index (χ3v) is 4.06. The number of amides is 1. The molecule has 1 saturated heterocycles. The van der Waals surface area contributed by atoms with Gasteiger partial charge in [-0.25, -0.2) is 4.39 Å². The van der Waals surface area contributed by atoms with Crippen LogP contribution in [0.25, 0.3) is 0 Å². The first-order valence-electron chi connectivity index (χ1n) is 7.68. The molecular weight excluding hydrogens is 269 g/mol. The van der Waals surface area contributed by atoms with E-state index in [9.17, 15) is 9.18 Å². The molecule has 0 bridgehead atoms. The van der Waals surface area contributed by atoms with Gasteiger partial charge in [0.25, 0.3) is 0 Å². The van der Waals surface area contributed by atoms with Crippen LogP contribution in [0.2, 0.25) is 0 Å². The van der Waals surface area contributed by atoms with Crippen LogP contribution in [0.4, 0.5) is 15.8 Å². The van der Waals surface area contributed by atoms with E-state index >= 15 is 0 Å². The molecule has 4 nitrogen and oxygen atoms in total. The maximum absolute atomic E-state index is 14.1. The Kier molecular flexibility index (Phi) is 5.56. The Morgan fingerprint density at radius 3 is 2.71 bits per heavy atom. The van der Waals surface area contributed by atoms with Crippen molar-refractivity contribution in [3.8, 4) is 0 Å². The number of hydrogen-bond donors (Lipinski definition) is 2. The van der Waals surface area contributed by atoms with E-state index in [-0.39, 0.29) is 17.6 Å². The summed E-state index contributed by atoms with van der Waals surface area (Å²) >= 11 is 0. The zero-order valence-electron chi connectivity index (χ0n) is 12.6. The van der Waals surface area contributed by atoms with Crippen molar-refractivity contribution < 1.29 is 9.18 Å². The van der Waals surface area contributed by atoms with Crippen molar-refractivity contribution in [2.75, 3.05) is 29.9 Å². The molecule has 21 heavy (non-hydrogen) atoms. The van der Waals surface area contributed by atoms with Crippen molar-refractivity contribution in [1.29, 1.82) is 0 Å². The van der Waals surface area contributed by atoms with Crippen molar-refractivity contribution in [1.82, 2.24) is 0 Å². The number of hydrogen-bond acceptors (Lipinski definition) is 3. The van der Waals surface area contributed by atoms with Gasteiger partial charge < -0.3 is 16.0 Å². The number of nitrogens with zero attached hydrogens (tertiary/aromatic N) is 1. The van der Waals surface area contributed by atoms with Crippen LogP contribution in [0, 0.1) is 11.7 Å². The van der Waals surface area contributed by atoms with Crippen molar-refractivity contribution in [2.45, 2.75) is 32.6 Å². The van der Waals surface area contributed by atoms with Gasteiger partial charge in [-0.3, -0.25) is 4.79 Å². The summed E-state index contributed by atoms with van der Waals surface area (Å²) in [5, 5.41) is 2.75. The predicted molar refractivity (Wildman–Crippen MR) is 83.9 cm³/mol. The molecular formula is C16H24FN3O. The molecule has 0 aliphatic carbocycles. The normalized spacial score (nSPS) is 16.0. The largest absolute Gasteiger partial charge is 0.369 e. The molecule has 1 aliphatic heterocycles. The first-order valence-corrected chi connectivity index (χ1v) is 7.68. The van der Waals surface area contributed by atoms with Crippen LogP contribution in [0.1, 0.15) is 32.6 Å². The summed E-state index contributed by atoms with van der Waals surface area (Å²) in [4.78, 5) is 13.9. The summed E-state index contributed by atoms with van der Waals surface area (Å²) in [6.07, 6.45) is 3.46. The molecule has 116 valence electrons. The third kappa shape index (κ3) is 4.17. The highest BCUT2D eigenvalue weighted by molar-refractivity contribution is 5.91. The van der Waals surface area contributed by atoms with Gasteiger partial charge in [0.15, 0.2) is 0 Å². The Morgan fingerprint density at radius 1 is 1.43 bits per heavy atom. The molecule has 1 atom stereocenters. The van der Waals surface area contributed by atoms with E-state index in [1.165, 1.54) is 6.07 Å². The number of carbonyl (C=O) groups is 1. The van der Waals surface area contributed by atoms with Crippen molar-refractivity contribution in [2.24, 2.45) is 11.7 Å². The average Bonchev–Trinajstić information content (AvgIpc) is 2.98. The third-order valence-electron chi connectivity index (χ3n) is 4.06. The molecule has 3 N–H and O–H groups in total. The van der Waals surface area contributed by atoms with Crippen LogP contribution in [-0.2, 0) is 4.79 Å². The smallest absolute Gasteiger partial charge is 0.224 e. The van der Waals surface area contributed by atoms with Crippen LogP contribution in [0.5, 0.6) is 0 Å². The van der Waals surface area contributed by atoms with Gasteiger partial charge in [-0.15, -0.1) is 0 Å². The quantitative estimate of drug-likeness (QED) is 0.848. The second kappa shape index (κ2) is 7.41. The van der Waals surface area contributed by atoms with E-state index in [0.29, 0.717) is 24.3 Å². The van der Waals surface area contributed by atoms with Crippen LogP contribution in [0.3, 0.4) is 0 Å². The zero-order valence-corrected chi connectivity index (χ0v) is 12.6. The Hall–Kier alpha value is -1.62. The molecule has 1 unspecified atom stereocenters. The maximum Gasteiger partial charge on any atom is 0.224 e. The molecule has 1 aliphatic rings. The van der Waals surface area contributed by atoms with Gasteiger partial charge in [0, 0.05) is 25.2 Å². The minimum Gasteiger partial charge on any atom is -0.369 e. The molecule has 1 aromatic carbocycles. The lowest BCUT2D eigenvalue weighted by Crippen LogP contribution is -2.22. The summed E-state index contributed by atoms with van der Waals surface area (Å²) in [5.74, 6) is -0.208. The van der Waals surface area contributed by atoms with E-state index in [1.807, 2.05) is 11.8 Å². The molecule has 1 aromatic rings. The standard InChI is InChI=1S/C16H24FN3O/c1-2-12(11-18)9-16(21)19-13-5-6-15(14(17)10-13)20-7-3-4-8-20/h5-6,10,12H,2-4,7-9,11,18H2,1H3,(H,19,21). The van der Waals surface area contributed by atoms with Gasteiger partial charge in [-0.2, -0.15) is 0 Å². The van der Waals surface area contributed by atoms with Crippen molar-refractivity contribution >= 4 is 17.3 Å². The molecule has 1 fully saturated rings. The van der Waals surface area contributed by atoms with E-state index in [4.69, 9.17) is 5.73 Å². The second-order valence-electron chi connectivity index (χ2n) is 5.62. The Balaban J connectivity index is 1.98. The van der Waals surface area contributed by atoms with Gasteiger partial charge in [-0.1, -0.05) is 13.3 Å². The molecule has 0 saturated carbocycles. The van der Waals surface area contributed by atoms with Crippen LogP contribution in [-0.4, -0.2) is 25.5 Å². The number of nitrogens with one attached hydrogen (secondary N) is 1. The Labute approximate surface area is 125 Å². The lowest BCUT2D eigenvalue weighted by molar-refractivity contribution is -0.117. The number of carbonyl (C=O) groups excluding carboxylic acids is 1. The fraction of sp³-hybridized carbons (Fsp3) is 0.562. The second-order valence-corrected chi connectivity index (χ2v) is 5.62. The predicted octanol–water partition coefficient (Wildman–Crippen LogP) is 2.74. The molecule has 5 heteroatoms. The van der Waals surface area contributed by atoms with Crippen molar-refractivity contribution in [3.63, 3.8) is 0 Å². The molecule has 2 rings (SSSR count). The SMILES string of the molecule is CCC(CN)CC(=O)Nc1ccc(N2CCCC2)c(F)c1. The summed E-state index contributed by atoms with van der Waals surface area (Å²) < 4.78 is 14.1. The van der Waals surface area contributed by atoms with Gasteiger partial charge in [-0.05, 0) is 43.5 Å². The van der Waals surface area contributed by atoms with Gasteiger partial charge in [0.1, 0.15) is 5.82 Å². The lowest BCUT2D eigenvalue weighted by atomic mass is 10.0. The topological polar surface area (TPSA) is 58.4 Å². The minimum absolute atomic E-state index is 0.111.